The highest BCUT2D eigenvalue weighted by atomic mass is 32.2. The van der Waals surface area contributed by atoms with Gasteiger partial charge in [0.1, 0.15) is 17.1 Å². The molecule has 2 aliphatic heterocycles. The Morgan fingerprint density at radius 3 is 2.38 bits per heavy atom. The number of nitrogen functional groups attached to an aromatic ring is 1. The number of amidine groups is 1. The molecule has 3 aromatic heterocycles. The van der Waals surface area contributed by atoms with Crippen molar-refractivity contribution in [3.8, 4) is 28.3 Å². The molecule has 4 aromatic rings. The van der Waals surface area contributed by atoms with Gasteiger partial charge in [-0.05, 0) is 37.8 Å². The highest BCUT2D eigenvalue weighted by Gasteiger charge is 2.46. The summed E-state index contributed by atoms with van der Waals surface area (Å²) in [6, 6.07) is 2.11. The molecular weight excluding hydrogens is 610 g/mol. The van der Waals surface area contributed by atoms with Crippen LogP contribution in [0.2, 0.25) is 0 Å². The van der Waals surface area contributed by atoms with Crippen LogP contribution >= 0.6 is 0 Å². The second-order valence-electron chi connectivity index (χ2n) is 10.9. The van der Waals surface area contributed by atoms with Crippen molar-refractivity contribution >= 4 is 39.4 Å². The number of halogens is 2. The maximum Gasteiger partial charge on any atom is 0.289 e. The number of nitrogens with one attached hydrogen (secondary N) is 1. The number of amides is 1. The Hall–Kier alpha value is -5.06. The Balaban J connectivity index is 1.40. The number of carbonyl (C=O) groups is 1. The largest absolute Gasteiger partial charge is 0.494 e. The van der Waals surface area contributed by atoms with Gasteiger partial charge in [-0.1, -0.05) is 0 Å². The summed E-state index contributed by atoms with van der Waals surface area (Å²) in [5.74, 6) is -3.86. The lowest BCUT2D eigenvalue weighted by molar-refractivity contribution is -0.128. The number of aliphatic imine (C=N–C) groups is 1. The monoisotopic (exact) mass is 638 g/mol. The third-order valence-corrected chi connectivity index (χ3v) is 9.44. The van der Waals surface area contributed by atoms with Crippen LogP contribution in [0.5, 0.6) is 5.75 Å². The van der Waals surface area contributed by atoms with Gasteiger partial charge in [0.05, 0.1) is 24.6 Å². The number of hydrogen-bond acceptors (Lipinski definition) is 10. The van der Waals surface area contributed by atoms with E-state index in [-0.39, 0.29) is 63.0 Å². The van der Waals surface area contributed by atoms with Gasteiger partial charge in [-0.15, -0.1) is 0 Å². The van der Waals surface area contributed by atoms with E-state index in [1.54, 1.807) is 4.90 Å². The maximum atomic E-state index is 14.7. The first-order chi connectivity index (χ1) is 21.4. The lowest BCUT2D eigenvalue weighted by atomic mass is 9.87. The minimum atomic E-state index is -3.87. The fourth-order valence-corrected chi connectivity index (χ4v) is 7.39. The number of rotatable bonds is 6. The minimum absolute atomic E-state index is 0.0649. The zero-order valence-corrected chi connectivity index (χ0v) is 24.9. The lowest BCUT2D eigenvalue weighted by Gasteiger charge is -2.39. The van der Waals surface area contributed by atoms with E-state index in [2.05, 4.69) is 20.1 Å². The lowest BCUT2D eigenvalue weighted by Crippen LogP contribution is -2.50. The van der Waals surface area contributed by atoms with Crippen LogP contribution in [-0.2, 0) is 14.6 Å². The molecule has 0 saturated carbocycles. The number of fused-ring (bicyclic) bond motifs is 3. The van der Waals surface area contributed by atoms with Crippen LogP contribution in [0.3, 0.4) is 0 Å². The fraction of sp³-hybridized carbons (Fsp3) is 0.321. The summed E-state index contributed by atoms with van der Waals surface area (Å²) in [4.78, 5) is 31.3. The van der Waals surface area contributed by atoms with Crippen molar-refractivity contribution < 1.29 is 26.7 Å². The molecule has 0 radical (unpaired) electrons. The number of aromatic nitrogens is 5. The van der Waals surface area contributed by atoms with Crippen LogP contribution in [0.15, 0.2) is 40.6 Å². The molecule has 45 heavy (non-hydrogen) atoms. The third-order valence-electron chi connectivity index (χ3n) is 8.28. The van der Waals surface area contributed by atoms with E-state index < -0.39 is 27.4 Å². The van der Waals surface area contributed by atoms with E-state index >= 15 is 0 Å². The number of ether oxygens (including phenoxy) is 1. The van der Waals surface area contributed by atoms with Crippen molar-refractivity contribution in [2.45, 2.75) is 48.6 Å². The molecule has 2 aliphatic rings. The number of methoxy groups -OCH3 is 1. The Morgan fingerprint density at radius 2 is 1.78 bits per heavy atom. The van der Waals surface area contributed by atoms with Crippen molar-refractivity contribution in [2.75, 3.05) is 19.1 Å². The normalized spacial score (nSPS) is 20.0. The highest BCUT2D eigenvalue weighted by molar-refractivity contribution is 7.91. The summed E-state index contributed by atoms with van der Waals surface area (Å²) in [6.45, 7) is 0. The number of sulfone groups is 1. The van der Waals surface area contributed by atoms with Gasteiger partial charge in [0.25, 0.3) is 5.91 Å². The van der Waals surface area contributed by atoms with E-state index in [1.165, 1.54) is 42.3 Å². The summed E-state index contributed by atoms with van der Waals surface area (Å²) in [5.41, 5.74) is 13.4. The molecule has 1 aromatic carbocycles. The Labute approximate surface area is 255 Å². The van der Waals surface area contributed by atoms with Gasteiger partial charge in [-0.2, -0.15) is 14.0 Å². The summed E-state index contributed by atoms with van der Waals surface area (Å²) in [7, 11) is -2.64. The molecule has 2 fully saturated rings. The highest BCUT2D eigenvalue weighted by Crippen LogP contribution is 2.45. The van der Waals surface area contributed by atoms with Crippen molar-refractivity contribution in [3.05, 3.63) is 48.1 Å². The number of nitrogens with zero attached hydrogens (tertiary/aromatic N) is 7. The van der Waals surface area contributed by atoms with Crippen molar-refractivity contribution in [1.29, 1.82) is 5.41 Å². The van der Waals surface area contributed by atoms with Gasteiger partial charge >= 0.3 is 0 Å². The zero-order valence-electron chi connectivity index (χ0n) is 24.1. The predicted octanol–water partition coefficient (Wildman–Crippen LogP) is 2.33. The minimum Gasteiger partial charge on any atom is -0.494 e. The van der Waals surface area contributed by atoms with E-state index in [9.17, 15) is 22.0 Å². The van der Waals surface area contributed by atoms with Gasteiger partial charge in [0, 0.05) is 47.8 Å². The average molecular weight is 639 g/mol. The van der Waals surface area contributed by atoms with Gasteiger partial charge < -0.3 is 21.1 Å². The van der Waals surface area contributed by atoms with Crippen LogP contribution in [0.25, 0.3) is 28.2 Å². The molecule has 6 rings (SSSR count). The van der Waals surface area contributed by atoms with Crippen molar-refractivity contribution in [1.82, 2.24) is 29.5 Å². The molecule has 2 bridgehead atoms. The summed E-state index contributed by atoms with van der Waals surface area (Å²) in [6.07, 6.45) is 8.20. The molecule has 2 unspecified atom stereocenters. The Bertz CT molecular complexity index is 1980. The third kappa shape index (κ3) is 5.01. The maximum absolute atomic E-state index is 14.7. The molecule has 17 heteroatoms. The number of hydrogen-bond donors (Lipinski definition) is 3. The molecule has 0 spiro atoms. The number of anilines is 1. The van der Waals surface area contributed by atoms with Gasteiger partial charge in [-0.25, -0.2) is 32.8 Å². The van der Waals surface area contributed by atoms with Crippen LogP contribution < -0.4 is 16.2 Å². The summed E-state index contributed by atoms with van der Waals surface area (Å²) in [5, 5.41) is 11.4. The van der Waals surface area contributed by atoms with E-state index in [0.29, 0.717) is 43.1 Å². The molecule has 1 amide bonds. The van der Waals surface area contributed by atoms with Gasteiger partial charge in [-0.3, -0.25) is 10.2 Å². The first kappa shape index (κ1) is 30.0. The quantitative estimate of drug-likeness (QED) is 0.207. The molecular formula is C28H28F2N10O4S. The van der Waals surface area contributed by atoms with Gasteiger partial charge in [0.2, 0.25) is 5.82 Å². The Kier molecular flexibility index (Phi) is 7.42. The SMILES string of the molecule is COc1ccc(-c2ncc(-c3cnn4c(N)c(S(C)(=O)=O)c(C5CC6CCC(C5)N6C(=O)C(N)=NC=N)nc34)cn2)c(F)c1F. The molecule has 2 saturated heterocycles. The van der Waals surface area contributed by atoms with Crippen LogP contribution in [0.4, 0.5) is 14.6 Å². The second kappa shape index (κ2) is 11.1. The molecule has 2 atom stereocenters. The summed E-state index contributed by atoms with van der Waals surface area (Å²) < 4.78 is 61.1. The molecule has 234 valence electrons. The van der Waals surface area contributed by atoms with Crippen LogP contribution in [0.1, 0.15) is 37.3 Å². The smallest absolute Gasteiger partial charge is 0.289 e. The first-order valence-electron chi connectivity index (χ1n) is 13.8. The number of carbonyl (C=O) groups excluding carboxylic acids is 1. The molecule has 5 N–H and O–H groups in total. The Morgan fingerprint density at radius 1 is 1.11 bits per heavy atom. The molecule has 0 aliphatic carbocycles. The van der Waals surface area contributed by atoms with Crippen LogP contribution in [0, 0.1) is 17.0 Å². The standard InChI is InChI=1S/C28H28F2N10O4S/c1-44-19-6-5-17(20(29)21(19)30)26-34-9-14(10-35-26)18-11-37-40-25(33)23(45(2,42)43)22(38-27(18)40)13-7-15-3-4-16(8-13)39(15)28(41)24(32)36-12-31/h5-6,9-13,15-16H,3-4,7-8,33H2,1-2H3,(H3,31,32,36). The molecule has 14 nitrogen and oxygen atoms in total. The predicted molar refractivity (Wildman–Crippen MR) is 159 cm³/mol. The molecule has 5 heterocycles. The van der Waals surface area contributed by atoms with Gasteiger partial charge in [0.15, 0.2) is 38.7 Å². The first-order valence-corrected chi connectivity index (χ1v) is 15.7. The van der Waals surface area contributed by atoms with Crippen LogP contribution in [-0.4, -0.2) is 81.4 Å². The second-order valence-corrected chi connectivity index (χ2v) is 12.9. The average Bonchev–Trinajstić information content (AvgIpc) is 3.55. The van der Waals surface area contributed by atoms with Crippen molar-refractivity contribution in [3.63, 3.8) is 0 Å². The summed E-state index contributed by atoms with van der Waals surface area (Å²) >= 11 is 0. The fourth-order valence-electron chi connectivity index (χ4n) is 6.34. The number of nitrogens with two attached hydrogens (primary N) is 2. The number of benzene rings is 1. The van der Waals surface area contributed by atoms with E-state index in [4.69, 9.17) is 26.6 Å². The van der Waals surface area contributed by atoms with E-state index in [0.717, 1.165) is 6.26 Å². The zero-order chi connectivity index (χ0) is 32.2. The van der Waals surface area contributed by atoms with Crippen molar-refractivity contribution in [2.24, 2.45) is 10.7 Å². The number of piperidine rings is 1. The topological polar surface area (TPSA) is 208 Å². The van der Waals surface area contributed by atoms with E-state index in [1.807, 2.05) is 0 Å².